The predicted octanol–water partition coefficient (Wildman–Crippen LogP) is 0.806. The Balaban J connectivity index is 1.81. The Bertz CT molecular complexity index is 533. The third-order valence-corrected chi connectivity index (χ3v) is 3.37. The van der Waals surface area contributed by atoms with E-state index in [2.05, 4.69) is 22.0 Å². The van der Waals surface area contributed by atoms with Crippen molar-refractivity contribution in [2.24, 2.45) is 5.92 Å². The predicted molar refractivity (Wildman–Crippen MR) is 66.7 cm³/mol. The van der Waals surface area contributed by atoms with Crippen LogP contribution in [0.25, 0.3) is 5.65 Å². The summed E-state index contributed by atoms with van der Waals surface area (Å²) in [6, 6.07) is 3.70. The van der Waals surface area contributed by atoms with E-state index < -0.39 is 0 Å². The fraction of sp³-hybridized carbons (Fsp3) is 0.500. The van der Waals surface area contributed by atoms with Crippen LogP contribution in [0.5, 0.6) is 0 Å². The average Bonchev–Trinajstić information content (AvgIpc) is 2.84. The second kappa shape index (κ2) is 4.00. The van der Waals surface area contributed by atoms with E-state index in [1.807, 2.05) is 18.3 Å². The van der Waals surface area contributed by atoms with Gasteiger partial charge in [-0.05, 0) is 32.0 Å². The number of anilines is 1. The summed E-state index contributed by atoms with van der Waals surface area (Å²) in [5.74, 6) is 1.62. The van der Waals surface area contributed by atoms with Gasteiger partial charge in [-0.1, -0.05) is 0 Å². The van der Waals surface area contributed by atoms with Gasteiger partial charge < -0.3 is 10.6 Å². The lowest BCUT2D eigenvalue weighted by Gasteiger charge is -2.07. The summed E-state index contributed by atoms with van der Waals surface area (Å²) in [6.07, 6.45) is 4.07. The number of nitrogen functional groups attached to an aromatic ring is 1. The molecule has 1 atom stereocenters. The van der Waals surface area contributed by atoms with E-state index in [1.54, 1.807) is 4.52 Å². The molecule has 2 N–H and O–H groups in total. The molecule has 90 valence electrons. The van der Waals surface area contributed by atoms with Crippen LogP contribution < -0.4 is 5.73 Å². The van der Waals surface area contributed by atoms with Crippen LogP contribution in [0, 0.1) is 5.92 Å². The van der Waals surface area contributed by atoms with E-state index in [4.69, 9.17) is 5.73 Å². The van der Waals surface area contributed by atoms with Gasteiger partial charge in [-0.25, -0.2) is 9.50 Å². The highest BCUT2D eigenvalue weighted by atomic mass is 15.3. The lowest BCUT2D eigenvalue weighted by molar-refractivity contribution is 0.392. The molecule has 1 aliphatic heterocycles. The first kappa shape index (κ1) is 10.5. The summed E-state index contributed by atoms with van der Waals surface area (Å²) in [5.41, 5.74) is 7.30. The first-order chi connectivity index (χ1) is 8.20. The molecule has 5 nitrogen and oxygen atoms in total. The highest BCUT2D eigenvalue weighted by molar-refractivity contribution is 5.50. The molecule has 1 unspecified atom stereocenters. The van der Waals surface area contributed by atoms with Crippen molar-refractivity contribution < 1.29 is 0 Å². The zero-order valence-electron chi connectivity index (χ0n) is 10.0. The molecule has 0 bridgehead atoms. The smallest absolute Gasteiger partial charge is 0.157 e. The molecular weight excluding hydrogens is 214 g/mol. The average molecular weight is 231 g/mol. The van der Waals surface area contributed by atoms with Crippen molar-refractivity contribution in [1.29, 1.82) is 0 Å². The van der Waals surface area contributed by atoms with E-state index in [0.29, 0.717) is 5.92 Å². The van der Waals surface area contributed by atoms with Crippen LogP contribution in [0.2, 0.25) is 0 Å². The zero-order chi connectivity index (χ0) is 11.8. The Hall–Kier alpha value is -1.62. The summed E-state index contributed by atoms with van der Waals surface area (Å²) in [7, 11) is 2.16. The summed E-state index contributed by atoms with van der Waals surface area (Å²) in [5, 5.41) is 4.47. The van der Waals surface area contributed by atoms with Crippen LogP contribution in [-0.4, -0.2) is 39.6 Å². The Morgan fingerprint density at radius 3 is 3.18 bits per heavy atom. The molecule has 0 saturated carbocycles. The monoisotopic (exact) mass is 231 g/mol. The lowest BCUT2D eigenvalue weighted by atomic mass is 10.1. The van der Waals surface area contributed by atoms with Crippen molar-refractivity contribution in [2.45, 2.75) is 12.8 Å². The molecule has 0 aromatic carbocycles. The molecule has 5 heteroatoms. The highest BCUT2D eigenvalue weighted by Gasteiger charge is 2.21. The number of pyridine rings is 1. The maximum Gasteiger partial charge on any atom is 0.157 e. The molecule has 1 saturated heterocycles. The van der Waals surface area contributed by atoms with E-state index in [0.717, 1.165) is 30.1 Å². The Labute approximate surface area is 100 Å². The summed E-state index contributed by atoms with van der Waals surface area (Å²) >= 11 is 0. The molecular formula is C12H17N5. The van der Waals surface area contributed by atoms with Crippen molar-refractivity contribution in [3.63, 3.8) is 0 Å². The van der Waals surface area contributed by atoms with Crippen LogP contribution in [0.1, 0.15) is 12.2 Å². The molecule has 2 aromatic heterocycles. The number of nitrogens with zero attached hydrogens (tertiary/aromatic N) is 4. The first-order valence-electron chi connectivity index (χ1n) is 6.00. The van der Waals surface area contributed by atoms with Crippen molar-refractivity contribution in [3.05, 3.63) is 24.2 Å². The molecule has 3 heterocycles. The second-order valence-electron chi connectivity index (χ2n) is 4.91. The van der Waals surface area contributed by atoms with Crippen molar-refractivity contribution >= 4 is 11.3 Å². The number of nitrogens with two attached hydrogens (primary N) is 1. The largest absolute Gasteiger partial charge is 0.399 e. The SMILES string of the molecule is CN1CCC(Cc2nc3cc(N)ccn3n2)C1. The molecule has 1 aliphatic rings. The lowest BCUT2D eigenvalue weighted by Crippen LogP contribution is -2.15. The Morgan fingerprint density at radius 1 is 1.53 bits per heavy atom. The van der Waals surface area contributed by atoms with E-state index in [9.17, 15) is 0 Å². The van der Waals surface area contributed by atoms with Crippen molar-refractivity contribution in [3.8, 4) is 0 Å². The molecule has 0 spiro atoms. The van der Waals surface area contributed by atoms with E-state index >= 15 is 0 Å². The highest BCUT2D eigenvalue weighted by Crippen LogP contribution is 2.18. The maximum absolute atomic E-state index is 5.73. The van der Waals surface area contributed by atoms with Gasteiger partial charge in [0.15, 0.2) is 11.5 Å². The standard InChI is InChI=1S/C12H17N5/c1-16-4-2-9(8-16)6-11-14-12-7-10(13)3-5-17(12)15-11/h3,5,7,9H,2,4,6,8,13H2,1H3. The quantitative estimate of drug-likeness (QED) is 0.830. The van der Waals surface area contributed by atoms with Gasteiger partial charge in [0, 0.05) is 30.9 Å². The number of fused-ring (bicyclic) bond motifs is 1. The fourth-order valence-corrected chi connectivity index (χ4v) is 2.48. The van der Waals surface area contributed by atoms with Gasteiger partial charge in [0.25, 0.3) is 0 Å². The van der Waals surface area contributed by atoms with Crippen LogP contribution in [0.15, 0.2) is 18.3 Å². The normalized spacial score (nSPS) is 21.4. The van der Waals surface area contributed by atoms with Gasteiger partial charge in [-0.2, -0.15) is 5.10 Å². The van der Waals surface area contributed by atoms with Gasteiger partial charge in [-0.15, -0.1) is 0 Å². The molecule has 17 heavy (non-hydrogen) atoms. The number of rotatable bonds is 2. The third kappa shape index (κ3) is 2.10. The minimum Gasteiger partial charge on any atom is -0.399 e. The number of aromatic nitrogens is 3. The number of hydrogen-bond donors (Lipinski definition) is 1. The summed E-state index contributed by atoms with van der Waals surface area (Å²) in [4.78, 5) is 6.87. The van der Waals surface area contributed by atoms with E-state index in [1.165, 1.54) is 13.0 Å². The first-order valence-corrected chi connectivity index (χ1v) is 6.00. The number of likely N-dealkylation sites (tertiary alicyclic amines) is 1. The maximum atomic E-state index is 5.73. The summed E-state index contributed by atoms with van der Waals surface area (Å²) < 4.78 is 1.80. The van der Waals surface area contributed by atoms with Gasteiger partial charge in [0.05, 0.1) is 0 Å². The topological polar surface area (TPSA) is 59.5 Å². The molecule has 2 aromatic rings. The summed E-state index contributed by atoms with van der Waals surface area (Å²) in [6.45, 7) is 2.34. The van der Waals surface area contributed by atoms with Gasteiger partial charge in [0.1, 0.15) is 0 Å². The fourth-order valence-electron chi connectivity index (χ4n) is 2.48. The van der Waals surface area contributed by atoms with Crippen molar-refractivity contribution in [2.75, 3.05) is 25.9 Å². The Morgan fingerprint density at radius 2 is 2.41 bits per heavy atom. The van der Waals surface area contributed by atoms with E-state index in [-0.39, 0.29) is 0 Å². The number of hydrogen-bond acceptors (Lipinski definition) is 4. The molecule has 0 aliphatic carbocycles. The van der Waals surface area contributed by atoms with Gasteiger partial charge >= 0.3 is 0 Å². The van der Waals surface area contributed by atoms with Crippen LogP contribution in [-0.2, 0) is 6.42 Å². The van der Waals surface area contributed by atoms with Crippen LogP contribution >= 0.6 is 0 Å². The zero-order valence-corrected chi connectivity index (χ0v) is 10.0. The third-order valence-electron chi connectivity index (χ3n) is 3.37. The van der Waals surface area contributed by atoms with Gasteiger partial charge in [0.2, 0.25) is 0 Å². The minimum absolute atomic E-state index is 0.690. The molecule has 1 fully saturated rings. The molecule has 3 rings (SSSR count). The molecule has 0 radical (unpaired) electrons. The second-order valence-corrected chi connectivity index (χ2v) is 4.91. The van der Waals surface area contributed by atoms with Crippen molar-refractivity contribution in [1.82, 2.24) is 19.5 Å². The minimum atomic E-state index is 0.690. The van der Waals surface area contributed by atoms with Crippen LogP contribution in [0.3, 0.4) is 0 Å². The van der Waals surface area contributed by atoms with Gasteiger partial charge in [-0.3, -0.25) is 0 Å². The molecule has 0 amide bonds. The Kier molecular flexibility index (Phi) is 2.48. The van der Waals surface area contributed by atoms with Crippen LogP contribution in [0.4, 0.5) is 5.69 Å².